The van der Waals surface area contributed by atoms with Gasteiger partial charge >= 0.3 is 0 Å². The highest BCUT2D eigenvalue weighted by Crippen LogP contribution is 2.51. The summed E-state index contributed by atoms with van der Waals surface area (Å²) < 4.78 is 1.14. The van der Waals surface area contributed by atoms with Gasteiger partial charge < -0.3 is 0 Å². The molecule has 19 heavy (non-hydrogen) atoms. The van der Waals surface area contributed by atoms with E-state index in [4.69, 9.17) is 0 Å². The number of halogens is 1. The van der Waals surface area contributed by atoms with Gasteiger partial charge in [0.1, 0.15) is 0 Å². The Balaban J connectivity index is 2.08. The van der Waals surface area contributed by atoms with E-state index in [-0.39, 0.29) is 11.1 Å². The third-order valence-electron chi connectivity index (χ3n) is 4.63. The molecule has 0 spiro atoms. The first kappa shape index (κ1) is 11.6. The number of nitrogens with zero attached hydrogens (tertiary/aromatic N) is 1. The molecule has 1 aromatic heterocycles. The van der Waals surface area contributed by atoms with Gasteiger partial charge in [-0.25, -0.2) is 0 Å². The molecule has 2 nitrogen and oxygen atoms in total. The van der Waals surface area contributed by atoms with E-state index in [1.54, 1.807) is 0 Å². The van der Waals surface area contributed by atoms with Crippen LogP contribution in [0.3, 0.4) is 0 Å². The predicted octanol–water partition coefficient (Wildman–Crippen LogP) is 3.48. The number of rotatable bonds is 0. The molecule has 0 radical (unpaired) electrons. The van der Waals surface area contributed by atoms with Crippen molar-refractivity contribution in [1.82, 2.24) is 10.3 Å². The van der Waals surface area contributed by atoms with E-state index in [1.165, 1.54) is 22.3 Å². The van der Waals surface area contributed by atoms with Crippen LogP contribution in [0.2, 0.25) is 0 Å². The molecule has 3 heteroatoms. The second kappa shape index (κ2) is 3.47. The van der Waals surface area contributed by atoms with Gasteiger partial charge in [0, 0.05) is 22.4 Å². The first-order valence-electron chi connectivity index (χ1n) is 6.56. The second-order valence-electron chi connectivity index (χ2n) is 5.98. The van der Waals surface area contributed by atoms with E-state index in [2.05, 4.69) is 64.3 Å². The van der Waals surface area contributed by atoms with Crippen LogP contribution in [-0.2, 0) is 17.5 Å². The topological polar surface area (TPSA) is 24.9 Å². The maximum atomic E-state index is 4.33. The molecule has 0 fully saturated rings. The minimum absolute atomic E-state index is 0.0269. The Morgan fingerprint density at radius 2 is 2.00 bits per heavy atom. The molecule has 4 rings (SSSR count). The number of hydrogen-bond donors (Lipinski definition) is 1. The van der Waals surface area contributed by atoms with Crippen LogP contribution < -0.4 is 5.32 Å². The number of benzene rings is 1. The van der Waals surface area contributed by atoms with Gasteiger partial charge in [0.2, 0.25) is 0 Å². The molecule has 3 heterocycles. The predicted molar refractivity (Wildman–Crippen MR) is 79.0 cm³/mol. The standard InChI is InChI=1S/C16H15BrN2/c1-15-8-10-5-6-18-9-14(10)16(2,19-15)13-7-11(17)3-4-12(13)15/h3-7,9,19H,8H2,1-2H3. The third-order valence-corrected chi connectivity index (χ3v) is 5.13. The van der Waals surface area contributed by atoms with E-state index < -0.39 is 0 Å². The monoisotopic (exact) mass is 314 g/mol. The molecule has 2 aliphatic rings. The summed E-state index contributed by atoms with van der Waals surface area (Å²) >= 11 is 3.60. The van der Waals surface area contributed by atoms with Crippen molar-refractivity contribution in [3.05, 3.63) is 63.4 Å². The van der Waals surface area contributed by atoms with Crippen molar-refractivity contribution >= 4 is 15.9 Å². The van der Waals surface area contributed by atoms with E-state index in [0.717, 1.165) is 10.9 Å². The number of aromatic nitrogens is 1. The lowest BCUT2D eigenvalue weighted by atomic mass is 9.81. The Labute approximate surface area is 121 Å². The summed E-state index contributed by atoms with van der Waals surface area (Å²) in [6, 6.07) is 8.79. The highest BCUT2D eigenvalue weighted by molar-refractivity contribution is 9.10. The SMILES string of the molecule is CC12Cc3ccncc3C(C)(N1)c1cc(Br)ccc12. The lowest BCUT2D eigenvalue weighted by molar-refractivity contribution is 0.286. The Bertz CT molecular complexity index is 697. The van der Waals surface area contributed by atoms with Gasteiger partial charge in [0.25, 0.3) is 0 Å². The fraction of sp³-hybridized carbons (Fsp3) is 0.312. The van der Waals surface area contributed by atoms with E-state index in [9.17, 15) is 0 Å². The lowest BCUT2D eigenvalue weighted by Gasteiger charge is -2.39. The minimum atomic E-state index is -0.129. The Morgan fingerprint density at radius 1 is 1.16 bits per heavy atom. The summed E-state index contributed by atoms with van der Waals surface area (Å²) in [5, 5.41) is 3.83. The van der Waals surface area contributed by atoms with Gasteiger partial charge in [-0.2, -0.15) is 0 Å². The van der Waals surface area contributed by atoms with Crippen LogP contribution in [0.4, 0.5) is 0 Å². The van der Waals surface area contributed by atoms with Crippen molar-refractivity contribution in [3.63, 3.8) is 0 Å². The number of nitrogens with one attached hydrogen (secondary N) is 1. The first-order chi connectivity index (χ1) is 9.03. The number of hydrogen-bond acceptors (Lipinski definition) is 2. The van der Waals surface area contributed by atoms with Crippen LogP contribution in [0.5, 0.6) is 0 Å². The highest BCUT2D eigenvalue weighted by Gasteiger charge is 2.51. The van der Waals surface area contributed by atoms with Gasteiger partial charge in [-0.15, -0.1) is 0 Å². The third kappa shape index (κ3) is 1.37. The summed E-state index contributed by atoms with van der Waals surface area (Å²) in [6.07, 6.45) is 4.93. The highest BCUT2D eigenvalue weighted by atomic mass is 79.9. The van der Waals surface area contributed by atoms with Gasteiger partial charge in [-0.05, 0) is 60.7 Å². The fourth-order valence-corrected chi connectivity index (χ4v) is 4.22. The molecule has 96 valence electrons. The summed E-state index contributed by atoms with van der Waals surface area (Å²) in [6.45, 7) is 4.57. The van der Waals surface area contributed by atoms with Crippen LogP contribution in [-0.4, -0.2) is 4.98 Å². The number of pyridine rings is 1. The van der Waals surface area contributed by atoms with Crippen molar-refractivity contribution in [2.75, 3.05) is 0 Å². The smallest absolute Gasteiger partial charge is 0.0690 e. The molecule has 2 atom stereocenters. The zero-order valence-electron chi connectivity index (χ0n) is 11.0. The zero-order chi connectivity index (χ0) is 13.3. The van der Waals surface area contributed by atoms with Crippen LogP contribution >= 0.6 is 15.9 Å². The Morgan fingerprint density at radius 3 is 2.84 bits per heavy atom. The van der Waals surface area contributed by atoms with Crippen molar-refractivity contribution < 1.29 is 0 Å². The molecule has 0 aliphatic carbocycles. The quantitative estimate of drug-likeness (QED) is 0.805. The Hall–Kier alpha value is -1.19. The fourth-order valence-electron chi connectivity index (χ4n) is 3.86. The molecule has 2 aromatic rings. The zero-order valence-corrected chi connectivity index (χ0v) is 12.6. The van der Waals surface area contributed by atoms with Gasteiger partial charge in [0.05, 0.1) is 5.54 Å². The molecule has 1 aromatic carbocycles. The lowest BCUT2D eigenvalue weighted by Crippen LogP contribution is -2.50. The molecule has 2 aliphatic heterocycles. The normalized spacial score (nSPS) is 30.9. The van der Waals surface area contributed by atoms with Gasteiger partial charge in [-0.1, -0.05) is 22.0 Å². The average Bonchev–Trinajstić information content (AvgIpc) is 2.55. The van der Waals surface area contributed by atoms with Gasteiger partial charge in [-0.3, -0.25) is 10.3 Å². The largest absolute Gasteiger partial charge is 0.294 e. The van der Waals surface area contributed by atoms with E-state index >= 15 is 0 Å². The van der Waals surface area contributed by atoms with Crippen molar-refractivity contribution in [2.24, 2.45) is 0 Å². The van der Waals surface area contributed by atoms with Crippen LogP contribution in [0.15, 0.2) is 41.1 Å². The maximum Gasteiger partial charge on any atom is 0.0690 e. The minimum Gasteiger partial charge on any atom is -0.294 e. The molecule has 0 saturated carbocycles. The van der Waals surface area contributed by atoms with Gasteiger partial charge in [0.15, 0.2) is 0 Å². The molecule has 2 bridgehead atoms. The van der Waals surface area contributed by atoms with Crippen molar-refractivity contribution in [2.45, 2.75) is 31.3 Å². The number of fused-ring (bicyclic) bond motifs is 7. The van der Waals surface area contributed by atoms with Crippen LogP contribution in [0, 0.1) is 0 Å². The summed E-state index contributed by atoms with van der Waals surface area (Å²) in [5.74, 6) is 0. The molecule has 2 unspecified atom stereocenters. The maximum absolute atomic E-state index is 4.33. The van der Waals surface area contributed by atoms with E-state index in [0.29, 0.717) is 0 Å². The molecular weight excluding hydrogens is 300 g/mol. The van der Waals surface area contributed by atoms with E-state index in [1.807, 2.05) is 12.4 Å². The molecule has 0 amide bonds. The Kier molecular flexibility index (Phi) is 2.12. The molecule has 0 saturated heterocycles. The molecule has 1 N–H and O–H groups in total. The van der Waals surface area contributed by atoms with Crippen molar-refractivity contribution in [3.8, 4) is 0 Å². The summed E-state index contributed by atoms with van der Waals surface area (Å²) in [4.78, 5) is 4.33. The van der Waals surface area contributed by atoms with Crippen LogP contribution in [0.25, 0.3) is 0 Å². The van der Waals surface area contributed by atoms with Crippen LogP contribution in [0.1, 0.15) is 36.1 Å². The summed E-state index contributed by atoms with van der Waals surface area (Å²) in [5.41, 5.74) is 5.40. The molecular formula is C16H15BrN2. The first-order valence-corrected chi connectivity index (χ1v) is 7.35. The van der Waals surface area contributed by atoms with Crippen molar-refractivity contribution in [1.29, 1.82) is 0 Å². The summed E-state index contributed by atoms with van der Waals surface area (Å²) in [7, 11) is 0. The second-order valence-corrected chi connectivity index (χ2v) is 6.90. The average molecular weight is 315 g/mol.